The standard InChI is InChI=1S/C16H17F3N4O/c1-10-13(21-22-14(10)16(17,18)19)15(24)23-7-4-11(5-8-23)12-3-2-6-20-9-12/h2-3,6,9,11H,4-5,7-8H2,1H3,(H,21,22). The van der Waals surface area contributed by atoms with E-state index in [1.165, 1.54) is 6.92 Å². The van der Waals surface area contributed by atoms with Crippen LogP contribution >= 0.6 is 0 Å². The molecule has 2 aromatic heterocycles. The lowest BCUT2D eigenvalue weighted by Crippen LogP contribution is -2.38. The predicted octanol–water partition coefficient (Wildman–Crippen LogP) is 3.15. The highest BCUT2D eigenvalue weighted by Gasteiger charge is 2.37. The number of nitrogens with zero attached hydrogens (tertiary/aromatic N) is 3. The van der Waals surface area contributed by atoms with Crippen molar-refractivity contribution in [3.8, 4) is 0 Å². The van der Waals surface area contributed by atoms with Crippen molar-refractivity contribution in [1.29, 1.82) is 0 Å². The van der Waals surface area contributed by atoms with Crippen molar-refractivity contribution in [3.63, 3.8) is 0 Å². The van der Waals surface area contributed by atoms with Crippen LogP contribution < -0.4 is 0 Å². The van der Waals surface area contributed by atoms with Crippen LogP contribution in [0.5, 0.6) is 0 Å². The van der Waals surface area contributed by atoms with Gasteiger partial charge in [0.1, 0.15) is 5.69 Å². The van der Waals surface area contributed by atoms with Crippen LogP contribution in [0.25, 0.3) is 0 Å². The highest BCUT2D eigenvalue weighted by atomic mass is 19.4. The molecule has 1 aliphatic rings. The Bertz CT molecular complexity index is 719. The number of carbonyl (C=O) groups is 1. The lowest BCUT2D eigenvalue weighted by molar-refractivity contribution is -0.141. The maximum atomic E-state index is 12.8. The molecule has 0 spiro atoms. The van der Waals surface area contributed by atoms with Crippen LogP contribution in [0, 0.1) is 6.92 Å². The predicted molar refractivity (Wildman–Crippen MR) is 80.4 cm³/mol. The Hall–Kier alpha value is -2.38. The van der Waals surface area contributed by atoms with Crippen molar-refractivity contribution >= 4 is 5.91 Å². The van der Waals surface area contributed by atoms with Gasteiger partial charge in [0.2, 0.25) is 0 Å². The molecule has 0 aromatic carbocycles. The minimum atomic E-state index is -4.54. The molecule has 0 atom stereocenters. The van der Waals surface area contributed by atoms with E-state index in [0.717, 1.165) is 18.4 Å². The normalized spacial score (nSPS) is 16.4. The Balaban J connectivity index is 1.69. The summed E-state index contributed by atoms with van der Waals surface area (Å²) in [4.78, 5) is 18.1. The van der Waals surface area contributed by atoms with Crippen LogP contribution in [0.1, 0.15) is 46.1 Å². The van der Waals surface area contributed by atoms with Crippen LogP contribution in [0.2, 0.25) is 0 Å². The zero-order valence-electron chi connectivity index (χ0n) is 13.1. The average molecular weight is 338 g/mol. The molecule has 3 rings (SSSR count). The first kappa shape index (κ1) is 16.5. The molecule has 0 bridgehead atoms. The van der Waals surface area contributed by atoms with Gasteiger partial charge in [-0.15, -0.1) is 0 Å². The highest BCUT2D eigenvalue weighted by Crippen LogP contribution is 2.32. The number of pyridine rings is 1. The molecule has 3 heterocycles. The first-order valence-electron chi connectivity index (χ1n) is 7.69. The van der Waals surface area contributed by atoms with Crippen molar-refractivity contribution in [3.05, 3.63) is 47.0 Å². The fourth-order valence-corrected chi connectivity index (χ4v) is 3.07. The van der Waals surface area contributed by atoms with Gasteiger partial charge in [-0.2, -0.15) is 18.3 Å². The third-order valence-corrected chi connectivity index (χ3v) is 4.43. The van der Waals surface area contributed by atoms with Gasteiger partial charge in [-0.25, -0.2) is 0 Å². The van der Waals surface area contributed by atoms with E-state index in [2.05, 4.69) is 10.1 Å². The number of rotatable bonds is 2. The number of piperidine rings is 1. The summed E-state index contributed by atoms with van der Waals surface area (Å²) in [5.74, 6) is -0.141. The molecule has 2 aromatic rings. The van der Waals surface area contributed by atoms with E-state index in [-0.39, 0.29) is 11.3 Å². The molecule has 0 saturated carbocycles. The Morgan fingerprint density at radius 2 is 2.04 bits per heavy atom. The highest BCUT2D eigenvalue weighted by molar-refractivity contribution is 5.94. The number of nitrogens with one attached hydrogen (secondary N) is 1. The summed E-state index contributed by atoms with van der Waals surface area (Å²) >= 11 is 0. The lowest BCUT2D eigenvalue weighted by atomic mass is 9.90. The van der Waals surface area contributed by atoms with Gasteiger partial charge in [0, 0.05) is 31.0 Å². The summed E-state index contributed by atoms with van der Waals surface area (Å²) in [6.07, 6.45) is 0.499. The summed E-state index contributed by atoms with van der Waals surface area (Å²) in [5, 5.41) is 5.53. The topological polar surface area (TPSA) is 61.9 Å². The van der Waals surface area contributed by atoms with Gasteiger partial charge < -0.3 is 4.90 Å². The quantitative estimate of drug-likeness (QED) is 0.915. The third kappa shape index (κ3) is 3.13. The number of H-pyrrole nitrogens is 1. The molecule has 128 valence electrons. The van der Waals surface area contributed by atoms with Gasteiger partial charge in [-0.05, 0) is 37.3 Å². The maximum Gasteiger partial charge on any atom is 0.433 e. The first-order chi connectivity index (χ1) is 11.4. The smallest absolute Gasteiger partial charge is 0.337 e. The van der Waals surface area contributed by atoms with Crippen LogP contribution in [-0.2, 0) is 6.18 Å². The number of amides is 1. The Morgan fingerprint density at radius 3 is 2.58 bits per heavy atom. The van der Waals surface area contributed by atoms with E-state index < -0.39 is 17.8 Å². The molecule has 1 saturated heterocycles. The number of hydrogen-bond acceptors (Lipinski definition) is 3. The fraction of sp³-hybridized carbons (Fsp3) is 0.438. The van der Waals surface area contributed by atoms with E-state index >= 15 is 0 Å². The zero-order valence-corrected chi connectivity index (χ0v) is 13.1. The van der Waals surface area contributed by atoms with Crippen LogP contribution in [0.15, 0.2) is 24.5 Å². The molecule has 1 fully saturated rings. The van der Waals surface area contributed by atoms with Gasteiger partial charge in [0.25, 0.3) is 5.91 Å². The number of alkyl halides is 3. The maximum absolute atomic E-state index is 12.8. The third-order valence-electron chi connectivity index (χ3n) is 4.43. The summed E-state index contributed by atoms with van der Waals surface area (Å²) < 4.78 is 38.4. The second kappa shape index (κ2) is 6.26. The molecule has 1 aliphatic heterocycles. The first-order valence-corrected chi connectivity index (χ1v) is 7.69. The Labute approximate surface area is 136 Å². The molecular weight excluding hydrogens is 321 g/mol. The van der Waals surface area contributed by atoms with Crippen molar-refractivity contribution in [2.24, 2.45) is 0 Å². The monoisotopic (exact) mass is 338 g/mol. The summed E-state index contributed by atoms with van der Waals surface area (Å²) in [7, 11) is 0. The number of hydrogen-bond donors (Lipinski definition) is 1. The second-order valence-corrected chi connectivity index (χ2v) is 5.92. The van der Waals surface area contributed by atoms with E-state index in [4.69, 9.17) is 0 Å². The SMILES string of the molecule is Cc1c(C(=O)N2CCC(c3cccnc3)CC2)n[nH]c1C(F)(F)F. The molecule has 0 aliphatic carbocycles. The Kier molecular flexibility index (Phi) is 4.29. The zero-order chi connectivity index (χ0) is 17.3. The van der Waals surface area contributed by atoms with Gasteiger partial charge in [-0.1, -0.05) is 6.07 Å². The number of aromatic nitrogens is 3. The van der Waals surface area contributed by atoms with Crippen LogP contribution in [-0.4, -0.2) is 39.1 Å². The van der Waals surface area contributed by atoms with Crippen molar-refractivity contribution in [1.82, 2.24) is 20.1 Å². The van der Waals surface area contributed by atoms with Crippen molar-refractivity contribution < 1.29 is 18.0 Å². The largest absolute Gasteiger partial charge is 0.433 e. The number of halogens is 3. The summed E-state index contributed by atoms with van der Waals surface area (Å²) in [6.45, 7) is 2.25. The number of aromatic amines is 1. The van der Waals surface area contributed by atoms with E-state index in [9.17, 15) is 18.0 Å². The van der Waals surface area contributed by atoms with Gasteiger partial charge in [-0.3, -0.25) is 14.9 Å². The fourth-order valence-electron chi connectivity index (χ4n) is 3.07. The summed E-state index contributed by atoms with van der Waals surface area (Å²) in [5.41, 5.74) is -0.139. The molecule has 0 radical (unpaired) electrons. The van der Waals surface area contributed by atoms with Crippen LogP contribution in [0.3, 0.4) is 0 Å². The van der Waals surface area contributed by atoms with Gasteiger partial charge >= 0.3 is 6.18 Å². The minimum absolute atomic E-state index is 0.151. The molecule has 1 amide bonds. The van der Waals surface area contributed by atoms with E-state index in [0.29, 0.717) is 19.0 Å². The molecule has 24 heavy (non-hydrogen) atoms. The number of likely N-dealkylation sites (tertiary alicyclic amines) is 1. The Morgan fingerprint density at radius 1 is 1.33 bits per heavy atom. The minimum Gasteiger partial charge on any atom is -0.337 e. The van der Waals surface area contributed by atoms with Crippen molar-refractivity contribution in [2.45, 2.75) is 31.9 Å². The molecular formula is C16H17F3N4O. The second-order valence-electron chi connectivity index (χ2n) is 5.92. The number of carbonyl (C=O) groups excluding carboxylic acids is 1. The van der Waals surface area contributed by atoms with E-state index in [1.54, 1.807) is 11.1 Å². The lowest BCUT2D eigenvalue weighted by Gasteiger charge is -2.31. The average Bonchev–Trinajstić information content (AvgIpc) is 2.97. The van der Waals surface area contributed by atoms with E-state index in [1.807, 2.05) is 23.4 Å². The molecule has 8 heteroatoms. The van der Waals surface area contributed by atoms with Crippen LogP contribution in [0.4, 0.5) is 13.2 Å². The molecule has 1 N–H and O–H groups in total. The molecule has 5 nitrogen and oxygen atoms in total. The van der Waals surface area contributed by atoms with Gasteiger partial charge in [0.15, 0.2) is 5.69 Å². The summed E-state index contributed by atoms with van der Waals surface area (Å²) in [6, 6.07) is 3.88. The van der Waals surface area contributed by atoms with Gasteiger partial charge in [0.05, 0.1) is 0 Å². The molecule has 0 unspecified atom stereocenters. The van der Waals surface area contributed by atoms with Crippen molar-refractivity contribution in [2.75, 3.05) is 13.1 Å².